The van der Waals surface area contributed by atoms with E-state index in [1.165, 1.54) is 59.2 Å². The molecule has 4 heterocycles. The molecule has 1 amide bonds. The summed E-state index contributed by atoms with van der Waals surface area (Å²) in [6.45, 7) is 14.2. The number of amides is 1. The van der Waals surface area contributed by atoms with Gasteiger partial charge < -0.3 is 53.8 Å². The van der Waals surface area contributed by atoms with Crippen molar-refractivity contribution in [1.82, 2.24) is 9.91 Å². The Morgan fingerprint density at radius 3 is 2.24 bits per heavy atom. The topological polar surface area (TPSA) is 264 Å². The summed E-state index contributed by atoms with van der Waals surface area (Å²) < 4.78 is 63.1. The monoisotopic (exact) mass is 902 g/mol. The number of methoxy groups -OCH3 is 1. The van der Waals surface area contributed by atoms with E-state index in [4.69, 9.17) is 23.1 Å². The number of Topliss-reactive ketones (excluding diaryl/α,β-unsaturated/α-hetero) is 1. The molecule has 0 aromatic heterocycles. The van der Waals surface area contributed by atoms with Crippen molar-refractivity contribution >= 4 is 50.7 Å². The van der Waals surface area contributed by atoms with E-state index in [1.54, 1.807) is 38.8 Å². The van der Waals surface area contributed by atoms with Crippen molar-refractivity contribution in [3.05, 3.63) is 52.8 Å². The fourth-order valence-electron chi connectivity index (χ4n) is 8.12. The number of carbonyl (C=O) groups is 3. The molecule has 19 nitrogen and oxygen atoms in total. The number of carbonyl (C=O) groups excluding carboxylic acids is 3. The van der Waals surface area contributed by atoms with Crippen LogP contribution in [0.25, 0.3) is 10.8 Å². The van der Waals surface area contributed by atoms with Gasteiger partial charge in [0.2, 0.25) is 0 Å². The molecule has 2 aromatic rings. The molecule has 0 unspecified atom stereocenters. The second-order valence-corrected chi connectivity index (χ2v) is 17.6. The normalized spacial score (nSPS) is 31.0. The first-order valence-corrected chi connectivity index (χ1v) is 21.8. The number of fused-ring (bicyclic) bond motifs is 14. The van der Waals surface area contributed by atoms with Crippen molar-refractivity contribution < 1.29 is 70.9 Å². The maximum Gasteiger partial charge on any atom is 0.446 e. The van der Waals surface area contributed by atoms with Gasteiger partial charge in [-0.1, -0.05) is 45.9 Å². The highest BCUT2D eigenvalue weighted by Crippen LogP contribution is 2.55. The van der Waals surface area contributed by atoms with Gasteiger partial charge in [0.1, 0.15) is 17.6 Å². The van der Waals surface area contributed by atoms with Gasteiger partial charge in [-0.3, -0.25) is 23.9 Å². The molecule has 0 aliphatic carbocycles. The van der Waals surface area contributed by atoms with Crippen LogP contribution in [-0.4, -0.2) is 138 Å². The molecule has 0 saturated carbocycles. The van der Waals surface area contributed by atoms with Gasteiger partial charge in [-0.15, -0.1) is 0 Å². The van der Waals surface area contributed by atoms with Crippen LogP contribution < -0.4 is 14.2 Å². The van der Waals surface area contributed by atoms with E-state index in [1.807, 2.05) is 7.05 Å². The Morgan fingerprint density at radius 1 is 0.984 bits per heavy atom. The standard InChI is InChI=1S/C43H58N4O15S/c1-21-12-11-13-22(2)42(54)45-33-28(20-44-47-17-15-46(9)16-18-47)36(51)30-31(37(33)52)40(62-63(55,56)57)26(6)39-32(30)41(53)43(8,61-39)59-19-14-29(58-10)23(3)38(60-27(7)48)25(5)35(50)24(4)34(21)49/h11-14,19-21,23-25,29,34-35,38,49-52H,15-18H2,1-10H3,(H,45,54)(H,55,56,57)/b12-11+,19-14+,22-13-,44-20+/t21-,23+,24+,25+,29-,34-,35+,38+,43-/m0/s1. The molecule has 0 spiro atoms. The van der Waals surface area contributed by atoms with Crippen molar-refractivity contribution in [2.24, 2.45) is 28.8 Å². The summed E-state index contributed by atoms with van der Waals surface area (Å²) in [4.78, 5) is 42.9. The average molecular weight is 903 g/mol. The van der Waals surface area contributed by atoms with E-state index in [0.29, 0.717) is 26.2 Å². The molecule has 0 radical (unpaired) electrons. The Hall–Kier alpha value is -5.25. The lowest BCUT2D eigenvalue weighted by Crippen LogP contribution is -2.46. The minimum absolute atomic E-state index is 0.0695. The van der Waals surface area contributed by atoms with E-state index in [-0.39, 0.29) is 28.0 Å². The summed E-state index contributed by atoms with van der Waals surface area (Å²) >= 11 is 0. The number of piperazine rings is 1. The molecular formula is C43H58N4O15S. The number of phenols is 2. The minimum atomic E-state index is -5.35. The van der Waals surface area contributed by atoms with Crippen LogP contribution in [0.2, 0.25) is 0 Å². The summed E-state index contributed by atoms with van der Waals surface area (Å²) in [5, 5.41) is 55.0. The zero-order valence-corrected chi connectivity index (χ0v) is 37.8. The number of aliphatic hydroxyl groups excluding tert-OH is 2. The molecule has 5 bridgehead atoms. The largest absolute Gasteiger partial charge is 0.506 e. The number of likely N-dealkylation sites (N-methyl/N-ethyl adjacent to an activating group) is 1. The van der Waals surface area contributed by atoms with Gasteiger partial charge >= 0.3 is 22.2 Å². The summed E-state index contributed by atoms with van der Waals surface area (Å²) in [6, 6.07) is 0. The number of ether oxygens (including phenoxy) is 4. The third kappa shape index (κ3) is 10.3. The van der Waals surface area contributed by atoms with Crippen molar-refractivity contribution in [3.8, 4) is 23.0 Å². The molecule has 1 fully saturated rings. The molecule has 4 aliphatic rings. The fourth-order valence-corrected chi connectivity index (χ4v) is 8.54. The summed E-state index contributed by atoms with van der Waals surface area (Å²) in [5.41, 5.74) is -1.25. The van der Waals surface area contributed by atoms with Crippen LogP contribution in [0.3, 0.4) is 0 Å². The van der Waals surface area contributed by atoms with E-state index in [0.717, 1.165) is 6.26 Å². The number of rotatable bonds is 6. The number of hydrogen-bond donors (Lipinski definition) is 6. The number of aromatic hydroxyl groups is 2. The Bertz CT molecular complexity index is 2340. The van der Waals surface area contributed by atoms with Crippen LogP contribution in [0.5, 0.6) is 23.0 Å². The molecule has 346 valence electrons. The molecule has 6 N–H and O–H groups in total. The number of allylic oxidation sites excluding steroid dienone is 2. The fraction of sp³-hybridized carbons (Fsp3) is 0.535. The smallest absolute Gasteiger partial charge is 0.446 e. The number of anilines is 1. The highest BCUT2D eigenvalue weighted by molar-refractivity contribution is 7.81. The summed E-state index contributed by atoms with van der Waals surface area (Å²) in [7, 11) is -2.02. The van der Waals surface area contributed by atoms with Crippen molar-refractivity contribution in [1.29, 1.82) is 0 Å². The summed E-state index contributed by atoms with van der Waals surface area (Å²) in [6.07, 6.45) is 4.16. The van der Waals surface area contributed by atoms with Crippen LogP contribution in [-0.2, 0) is 34.2 Å². The molecule has 2 aromatic carbocycles. The van der Waals surface area contributed by atoms with Crippen molar-refractivity contribution in [2.45, 2.75) is 85.6 Å². The first kappa shape index (κ1) is 48.8. The Morgan fingerprint density at radius 2 is 1.63 bits per heavy atom. The molecule has 6 rings (SSSR count). The quantitative estimate of drug-likeness (QED) is 0.0791. The molecule has 20 heteroatoms. The zero-order chi connectivity index (χ0) is 46.9. The van der Waals surface area contributed by atoms with Gasteiger partial charge in [0, 0.05) is 87.3 Å². The number of nitrogens with zero attached hydrogens (tertiary/aromatic N) is 3. The Kier molecular flexibility index (Phi) is 14.9. The van der Waals surface area contributed by atoms with Gasteiger partial charge in [0.15, 0.2) is 11.5 Å². The Balaban J connectivity index is 1.78. The van der Waals surface area contributed by atoms with E-state index in [9.17, 15) is 47.8 Å². The number of aliphatic hydroxyl groups is 2. The van der Waals surface area contributed by atoms with Crippen LogP contribution in [0.1, 0.15) is 70.0 Å². The number of esters is 1. The van der Waals surface area contributed by atoms with Gasteiger partial charge in [0.05, 0.1) is 53.0 Å². The predicted octanol–water partition coefficient (Wildman–Crippen LogP) is 3.81. The van der Waals surface area contributed by atoms with Gasteiger partial charge in [-0.2, -0.15) is 13.5 Å². The predicted molar refractivity (Wildman–Crippen MR) is 231 cm³/mol. The summed E-state index contributed by atoms with van der Waals surface area (Å²) in [5.74, 6) is -9.95. The van der Waals surface area contributed by atoms with Gasteiger partial charge in [-0.05, 0) is 27.0 Å². The maximum atomic E-state index is 14.6. The number of benzene rings is 2. The maximum absolute atomic E-state index is 14.6. The second-order valence-electron chi connectivity index (χ2n) is 16.6. The number of phenolic OH excluding ortho intramolecular Hbond substituents is 2. The SMILES string of the molecule is CO[C@H]1/C=C/O[C@@]2(C)Oc3c(C)c(OS(=O)(=O)O)c4c(O)c(c(/C=N/N5CCN(C)CC5)c(O)c4c3C2=O)NC(=O)/C(C)=C\C=C\[C@H](C)[C@H](O)[C@@H](C)[C@@H](O)[C@@H](C)[C@H](OC(C)=O)[C@@H]1C. The van der Waals surface area contributed by atoms with Crippen LogP contribution >= 0.6 is 0 Å². The first-order chi connectivity index (χ1) is 29.4. The lowest BCUT2D eigenvalue weighted by Gasteiger charge is -2.38. The average Bonchev–Trinajstić information content (AvgIpc) is 3.48. The van der Waals surface area contributed by atoms with Gasteiger partial charge in [-0.25, -0.2) is 0 Å². The first-order valence-electron chi connectivity index (χ1n) is 20.5. The van der Waals surface area contributed by atoms with Crippen LogP contribution in [0.15, 0.2) is 41.2 Å². The highest BCUT2D eigenvalue weighted by atomic mass is 32.3. The molecule has 63 heavy (non-hydrogen) atoms. The molecule has 1 saturated heterocycles. The van der Waals surface area contributed by atoms with E-state index < -0.39 is 116 Å². The van der Waals surface area contributed by atoms with E-state index >= 15 is 0 Å². The van der Waals surface area contributed by atoms with Gasteiger partial charge in [0.25, 0.3) is 11.7 Å². The van der Waals surface area contributed by atoms with Crippen molar-refractivity contribution in [2.75, 3.05) is 45.7 Å². The number of hydrogen-bond acceptors (Lipinski definition) is 17. The second kappa shape index (κ2) is 19.2. The number of hydrazone groups is 1. The van der Waals surface area contributed by atoms with Crippen LogP contribution in [0, 0.1) is 30.6 Å². The minimum Gasteiger partial charge on any atom is -0.506 e. The lowest BCUT2D eigenvalue weighted by molar-refractivity contribution is -0.160. The molecular weight excluding hydrogens is 845 g/mol. The third-order valence-corrected chi connectivity index (χ3v) is 12.4. The Labute approximate surface area is 366 Å². The number of ketones is 1. The zero-order valence-electron chi connectivity index (χ0n) is 37.0. The van der Waals surface area contributed by atoms with E-state index in [2.05, 4.69) is 15.3 Å². The third-order valence-electron chi connectivity index (χ3n) is 12.0. The van der Waals surface area contributed by atoms with Crippen molar-refractivity contribution in [3.63, 3.8) is 0 Å². The highest BCUT2D eigenvalue weighted by Gasteiger charge is 2.50. The molecule has 9 atom stereocenters. The lowest BCUT2D eigenvalue weighted by atomic mass is 9.78. The van der Waals surface area contributed by atoms with Crippen LogP contribution in [0.4, 0.5) is 5.69 Å². The molecule has 4 aliphatic heterocycles. The number of nitrogens with one attached hydrogen (secondary N) is 1.